The molecule has 0 aliphatic carbocycles. The fourth-order valence-electron chi connectivity index (χ4n) is 3.82. The number of nitrogens with zero attached hydrogens (tertiary/aromatic N) is 5. The zero-order chi connectivity index (χ0) is 25.2. The van der Waals surface area contributed by atoms with E-state index in [4.69, 9.17) is 27.9 Å². The Bertz CT molecular complexity index is 1550. The van der Waals surface area contributed by atoms with Gasteiger partial charge in [0.05, 0.1) is 30.9 Å². The number of halogens is 2. The van der Waals surface area contributed by atoms with Gasteiger partial charge in [-0.1, -0.05) is 53.5 Å². The number of hydrogen-bond donors (Lipinski definition) is 1. The monoisotopic (exact) mass is 518 g/mol. The van der Waals surface area contributed by atoms with Crippen molar-refractivity contribution in [3.63, 3.8) is 0 Å². The highest BCUT2D eigenvalue weighted by molar-refractivity contribution is 6.33. The molecule has 0 saturated carbocycles. The molecule has 0 aliphatic heterocycles. The Morgan fingerprint density at radius 3 is 2.42 bits per heavy atom. The first-order valence-corrected chi connectivity index (χ1v) is 11.6. The van der Waals surface area contributed by atoms with Crippen molar-refractivity contribution in [3.05, 3.63) is 94.9 Å². The van der Waals surface area contributed by atoms with Gasteiger partial charge in [0.25, 0.3) is 5.91 Å². The lowest BCUT2D eigenvalue weighted by Crippen LogP contribution is -2.39. The number of ether oxygens (including phenoxy) is 1. The van der Waals surface area contributed by atoms with Crippen LogP contribution in [-0.2, 0) is 0 Å². The number of aromatic nitrogens is 4. The Hall–Kier alpha value is -4.14. The number of pyridine rings is 1. The predicted molar refractivity (Wildman–Crippen MR) is 141 cm³/mol. The average Bonchev–Trinajstić information content (AvgIpc) is 3.33. The molecule has 0 saturated heterocycles. The molecule has 180 valence electrons. The minimum Gasteiger partial charge on any atom is -0.481 e. The Morgan fingerprint density at radius 2 is 1.72 bits per heavy atom. The summed E-state index contributed by atoms with van der Waals surface area (Å²) in [7, 11) is 3.26. The zero-order valence-corrected chi connectivity index (χ0v) is 20.8. The van der Waals surface area contributed by atoms with Crippen molar-refractivity contribution in [2.24, 2.45) is 0 Å². The summed E-state index contributed by atoms with van der Waals surface area (Å²) in [6.45, 7) is 0. The fourth-order valence-corrected chi connectivity index (χ4v) is 4.19. The zero-order valence-electron chi connectivity index (χ0n) is 19.3. The number of carbonyl (C=O) groups excluding carboxylic acids is 1. The number of hydrogen-bond acceptors (Lipinski definition) is 6. The molecule has 0 radical (unpaired) electrons. The molecule has 2 aromatic carbocycles. The minimum atomic E-state index is -0.372. The maximum atomic E-state index is 13.2. The molecule has 0 fully saturated rings. The highest BCUT2D eigenvalue weighted by Gasteiger charge is 2.21. The summed E-state index contributed by atoms with van der Waals surface area (Å²) in [5.74, 6) is 0.109. The summed E-state index contributed by atoms with van der Waals surface area (Å²) >= 11 is 12.7. The molecule has 0 unspecified atom stereocenters. The second-order valence-electron chi connectivity index (χ2n) is 7.86. The second-order valence-corrected chi connectivity index (χ2v) is 8.70. The van der Waals surface area contributed by atoms with E-state index >= 15 is 0 Å². The lowest BCUT2D eigenvalue weighted by atomic mass is 10.0. The molecule has 5 rings (SSSR count). The molecule has 36 heavy (non-hydrogen) atoms. The number of benzene rings is 2. The number of carbonyl (C=O) groups is 1. The van der Waals surface area contributed by atoms with Gasteiger partial charge in [-0.3, -0.25) is 15.2 Å². The Labute approximate surface area is 217 Å². The van der Waals surface area contributed by atoms with E-state index in [1.54, 1.807) is 60.3 Å². The molecule has 0 bridgehead atoms. The van der Waals surface area contributed by atoms with Gasteiger partial charge in [-0.15, -0.1) is 0 Å². The van der Waals surface area contributed by atoms with E-state index in [1.807, 2.05) is 36.4 Å². The summed E-state index contributed by atoms with van der Waals surface area (Å²) in [5.41, 5.74) is 7.36. The summed E-state index contributed by atoms with van der Waals surface area (Å²) < 4.78 is 6.73. The van der Waals surface area contributed by atoms with Crippen LogP contribution in [0.2, 0.25) is 10.0 Å². The first-order chi connectivity index (χ1) is 17.5. The van der Waals surface area contributed by atoms with E-state index in [9.17, 15) is 4.79 Å². The van der Waals surface area contributed by atoms with Gasteiger partial charge in [0.15, 0.2) is 5.65 Å². The van der Waals surface area contributed by atoms with Gasteiger partial charge >= 0.3 is 0 Å². The third-order valence-electron chi connectivity index (χ3n) is 5.64. The normalized spacial score (nSPS) is 10.9. The number of hydrazine groups is 1. The van der Waals surface area contributed by atoms with Crippen LogP contribution in [0.5, 0.6) is 5.88 Å². The van der Waals surface area contributed by atoms with Gasteiger partial charge in [-0.25, -0.2) is 14.5 Å². The number of amides is 1. The average molecular weight is 519 g/mol. The summed E-state index contributed by atoms with van der Waals surface area (Å²) in [6.07, 6.45) is 4.80. The van der Waals surface area contributed by atoms with Crippen molar-refractivity contribution in [2.45, 2.75) is 0 Å². The van der Waals surface area contributed by atoms with Gasteiger partial charge in [-0.2, -0.15) is 5.10 Å². The van der Waals surface area contributed by atoms with Gasteiger partial charge in [0.1, 0.15) is 5.56 Å². The van der Waals surface area contributed by atoms with Crippen LogP contribution in [0.1, 0.15) is 10.4 Å². The predicted octanol–water partition coefficient (Wildman–Crippen LogP) is 5.55. The van der Waals surface area contributed by atoms with Crippen LogP contribution in [0.4, 0.5) is 5.69 Å². The molecular formula is C26H20Cl2N6O2. The van der Waals surface area contributed by atoms with E-state index in [1.165, 1.54) is 6.20 Å². The van der Waals surface area contributed by atoms with Gasteiger partial charge < -0.3 is 4.74 Å². The van der Waals surface area contributed by atoms with Crippen LogP contribution in [0.15, 0.2) is 79.3 Å². The fraction of sp³-hybridized carbons (Fsp3) is 0.0769. The smallest absolute Gasteiger partial charge is 0.275 e. The Balaban J connectivity index is 1.57. The van der Waals surface area contributed by atoms with E-state index in [0.717, 1.165) is 22.4 Å². The summed E-state index contributed by atoms with van der Waals surface area (Å²) in [5, 5.41) is 7.28. The van der Waals surface area contributed by atoms with E-state index in [2.05, 4.69) is 20.5 Å². The van der Waals surface area contributed by atoms with Crippen LogP contribution in [0.3, 0.4) is 0 Å². The van der Waals surface area contributed by atoms with Gasteiger partial charge in [-0.05, 0) is 24.3 Å². The molecule has 1 N–H and O–H groups in total. The quantitative estimate of drug-likeness (QED) is 0.296. The molecule has 1 amide bonds. The van der Waals surface area contributed by atoms with Crippen LogP contribution in [0.25, 0.3) is 28.0 Å². The summed E-state index contributed by atoms with van der Waals surface area (Å²) in [6, 6.07) is 18.4. The molecule has 3 heterocycles. The first kappa shape index (κ1) is 23.6. The maximum absolute atomic E-state index is 13.2. The molecule has 10 heteroatoms. The molecule has 0 spiro atoms. The second kappa shape index (κ2) is 9.85. The third kappa shape index (κ3) is 4.44. The van der Waals surface area contributed by atoms with E-state index < -0.39 is 0 Å². The first-order valence-electron chi connectivity index (χ1n) is 10.9. The van der Waals surface area contributed by atoms with E-state index in [-0.39, 0.29) is 5.91 Å². The minimum absolute atomic E-state index is 0.309. The van der Waals surface area contributed by atoms with Crippen molar-refractivity contribution in [1.29, 1.82) is 0 Å². The topological polar surface area (TPSA) is 84.7 Å². The van der Waals surface area contributed by atoms with Crippen LogP contribution < -0.4 is 15.2 Å². The number of rotatable bonds is 6. The molecule has 8 nitrogen and oxygen atoms in total. The van der Waals surface area contributed by atoms with Crippen molar-refractivity contribution < 1.29 is 9.53 Å². The number of nitrogens with one attached hydrogen (secondary N) is 1. The Kier molecular flexibility index (Phi) is 6.45. The highest BCUT2D eigenvalue weighted by Crippen LogP contribution is 2.36. The standard InChI is InChI=1S/C26H20Cl2N6O2/c1-33(18-11-12-23(36-2)29-13-18)32-26(35)21-15-31-34-24(16-7-9-17(27)10-8-16)20(14-30-25(21)34)19-5-3-4-6-22(19)28/h3-15H,1-2H3,(H,32,35). The summed E-state index contributed by atoms with van der Waals surface area (Å²) in [4.78, 5) is 22.0. The molecule has 0 atom stereocenters. The van der Waals surface area contributed by atoms with Crippen molar-refractivity contribution >= 4 is 40.4 Å². The number of anilines is 1. The lowest BCUT2D eigenvalue weighted by molar-refractivity contribution is 0.0953. The lowest BCUT2D eigenvalue weighted by Gasteiger charge is -2.19. The van der Waals surface area contributed by atoms with Crippen LogP contribution >= 0.6 is 23.2 Å². The van der Waals surface area contributed by atoms with Gasteiger partial charge in [0.2, 0.25) is 5.88 Å². The third-order valence-corrected chi connectivity index (χ3v) is 6.22. The molecule has 5 aromatic rings. The number of methoxy groups -OCH3 is 1. The van der Waals surface area contributed by atoms with Crippen LogP contribution in [0, 0.1) is 0 Å². The van der Waals surface area contributed by atoms with Crippen molar-refractivity contribution in [1.82, 2.24) is 25.0 Å². The highest BCUT2D eigenvalue weighted by atomic mass is 35.5. The maximum Gasteiger partial charge on any atom is 0.275 e. The molecular weight excluding hydrogens is 499 g/mol. The van der Waals surface area contributed by atoms with Crippen molar-refractivity contribution in [3.8, 4) is 28.3 Å². The largest absolute Gasteiger partial charge is 0.481 e. The van der Waals surface area contributed by atoms with E-state index in [0.29, 0.717) is 32.8 Å². The Morgan fingerprint density at radius 1 is 0.944 bits per heavy atom. The van der Waals surface area contributed by atoms with Crippen molar-refractivity contribution in [2.75, 3.05) is 19.2 Å². The van der Waals surface area contributed by atoms with Crippen LogP contribution in [-0.4, -0.2) is 39.6 Å². The van der Waals surface area contributed by atoms with Gasteiger partial charge in [0, 0.05) is 46.0 Å². The SMILES string of the molecule is COc1ccc(N(C)NC(=O)c2cnn3c(-c4ccc(Cl)cc4)c(-c4ccccc4Cl)cnc23)cn1. The molecule has 0 aliphatic rings. The number of fused-ring (bicyclic) bond motifs is 1. The molecule has 3 aromatic heterocycles.